The number of rotatable bonds is 5. The smallest absolute Gasteiger partial charge is 0.321 e. The van der Waals surface area contributed by atoms with Crippen LogP contribution in [0.5, 0.6) is 0 Å². The molecule has 0 aliphatic carbocycles. The van der Waals surface area contributed by atoms with E-state index in [0.29, 0.717) is 5.56 Å². The number of benzene rings is 1. The third-order valence-corrected chi connectivity index (χ3v) is 3.22. The average molecular weight is 278 g/mol. The van der Waals surface area contributed by atoms with E-state index in [-0.39, 0.29) is 5.78 Å². The van der Waals surface area contributed by atoms with E-state index in [1.54, 1.807) is 30.3 Å². The van der Waals surface area contributed by atoms with Crippen LogP contribution in [-0.2, 0) is 19.1 Å². The van der Waals surface area contributed by atoms with Gasteiger partial charge in [0, 0.05) is 5.56 Å². The third kappa shape index (κ3) is 3.04. The number of esters is 2. The molecule has 0 aliphatic heterocycles. The highest BCUT2D eigenvalue weighted by atomic mass is 16.5. The van der Waals surface area contributed by atoms with E-state index >= 15 is 0 Å². The summed E-state index contributed by atoms with van der Waals surface area (Å²) in [6.07, 6.45) is 0. The molecular formula is C15H18O5. The quantitative estimate of drug-likeness (QED) is 0.467. The lowest BCUT2D eigenvalue weighted by atomic mass is 9.73. The van der Waals surface area contributed by atoms with Crippen molar-refractivity contribution in [3.8, 4) is 0 Å². The second-order valence-electron chi connectivity index (χ2n) is 4.90. The maximum Gasteiger partial charge on any atom is 0.321 e. The van der Waals surface area contributed by atoms with Gasteiger partial charge < -0.3 is 9.47 Å². The van der Waals surface area contributed by atoms with Gasteiger partial charge in [-0.3, -0.25) is 14.4 Å². The molecule has 0 saturated heterocycles. The minimum Gasteiger partial charge on any atom is -0.468 e. The summed E-state index contributed by atoms with van der Waals surface area (Å²) in [4.78, 5) is 36.2. The number of carbonyl (C=O) groups is 3. The number of carbonyl (C=O) groups excluding carboxylic acids is 3. The molecule has 20 heavy (non-hydrogen) atoms. The van der Waals surface area contributed by atoms with Crippen molar-refractivity contribution in [1.29, 1.82) is 0 Å². The van der Waals surface area contributed by atoms with Crippen LogP contribution in [0.2, 0.25) is 0 Å². The van der Waals surface area contributed by atoms with Gasteiger partial charge in [-0.25, -0.2) is 0 Å². The Morgan fingerprint density at radius 3 is 1.80 bits per heavy atom. The summed E-state index contributed by atoms with van der Waals surface area (Å²) in [7, 11) is 2.34. The van der Waals surface area contributed by atoms with Crippen molar-refractivity contribution in [3.05, 3.63) is 35.9 Å². The van der Waals surface area contributed by atoms with Crippen molar-refractivity contribution in [2.45, 2.75) is 13.8 Å². The topological polar surface area (TPSA) is 69.7 Å². The van der Waals surface area contributed by atoms with Crippen LogP contribution < -0.4 is 0 Å². The standard InChI is InChI=1S/C15H18O5/c1-15(2,11(13(17)19-3)14(18)20-4)12(16)10-8-6-5-7-9-10/h5-9,11H,1-4H3. The first kappa shape index (κ1) is 15.9. The minimum atomic E-state index is -1.30. The highest BCUT2D eigenvalue weighted by Gasteiger charge is 2.47. The second-order valence-corrected chi connectivity index (χ2v) is 4.90. The van der Waals surface area contributed by atoms with E-state index in [1.807, 2.05) is 0 Å². The molecule has 0 spiro atoms. The molecule has 1 aromatic carbocycles. The monoisotopic (exact) mass is 278 g/mol. The number of ether oxygens (including phenoxy) is 2. The van der Waals surface area contributed by atoms with Crippen molar-refractivity contribution in [3.63, 3.8) is 0 Å². The normalized spacial score (nSPS) is 11.1. The summed E-state index contributed by atoms with van der Waals surface area (Å²) in [5, 5.41) is 0. The highest BCUT2D eigenvalue weighted by Crippen LogP contribution is 2.33. The maximum absolute atomic E-state index is 12.5. The van der Waals surface area contributed by atoms with Crippen molar-refractivity contribution < 1.29 is 23.9 Å². The van der Waals surface area contributed by atoms with Crippen LogP contribution in [0.15, 0.2) is 30.3 Å². The van der Waals surface area contributed by atoms with Crippen LogP contribution in [0.1, 0.15) is 24.2 Å². The largest absolute Gasteiger partial charge is 0.468 e. The van der Waals surface area contributed by atoms with Gasteiger partial charge in [0.15, 0.2) is 11.7 Å². The van der Waals surface area contributed by atoms with Crippen LogP contribution in [0.4, 0.5) is 0 Å². The Balaban J connectivity index is 3.19. The number of hydrogen-bond acceptors (Lipinski definition) is 5. The summed E-state index contributed by atoms with van der Waals surface area (Å²) < 4.78 is 9.23. The van der Waals surface area contributed by atoms with Gasteiger partial charge in [-0.2, -0.15) is 0 Å². The SMILES string of the molecule is COC(=O)C(C(=O)OC)C(C)(C)C(=O)c1ccccc1. The lowest BCUT2D eigenvalue weighted by Gasteiger charge is -2.29. The minimum absolute atomic E-state index is 0.320. The Labute approximate surface area is 117 Å². The molecule has 0 amide bonds. The molecule has 0 bridgehead atoms. The van der Waals surface area contributed by atoms with E-state index in [4.69, 9.17) is 0 Å². The van der Waals surface area contributed by atoms with Crippen LogP contribution >= 0.6 is 0 Å². The maximum atomic E-state index is 12.5. The zero-order valence-corrected chi connectivity index (χ0v) is 12.0. The molecule has 1 rings (SSSR count). The van der Waals surface area contributed by atoms with Crippen LogP contribution in [0, 0.1) is 11.3 Å². The van der Waals surface area contributed by atoms with Gasteiger partial charge in [0.1, 0.15) is 0 Å². The molecule has 0 atom stereocenters. The number of ketones is 1. The number of methoxy groups -OCH3 is 2. The Bertz CT molecular complexity index is 488. The molecule has 5 nitrogen and oxygen atoms in total. The van der Waals surface area contributed by atoms with Gasteiger partial charge >= 0.3 is 11.9 Å². The Hall–Kier alpha value is -2.17. The summed E-state index contributed by atoms with van der Waals surface area (Å²) in [5.74, 6) is -3.19. The molecule has 0 N–H and O–H groups in total. The Kier molecular flexibility index (Phi) is 5.02. The van der Waals surface area contributed by atoms with Gasteiger partial charge in [-0.05, 0) is 0 Å². The summed E-state index contributed by atoms with van der Waals surface area (Å²) in [6.45, 7) is 3.06. The number of hydrogen-bond donors (Lipinski definition) is 0. The predicted octanol–water partition coefficient (Wildman–Crippen LogP) is 1.86. The van der Waals surface area contributed by atoms with Crippen molar-refractivity contribution >= 4 is 17.7 Å². The third-order valence-electron chi connectivity index (χ3n) is 3.22. The van der Waals surface area contributed by atoms with Crippen LogP contribution in [0.3, 0.4) is 0 Å². The fourth-order valence-electron chi connectivity index (χ4n) is 2.01. The molecular weight excluding hydrogens is 260 g/mol. The molecule has 0 saturated carbocycles. The molecule has 0 heterocycles. The van der Waals surface area contributed by atoms with E-state index in [2.05, 4.69) is 9.47 Å². The average Bonchev–Trinajstić information content (AvgIpc) is 2.46. The second kappa shape index (κ2) is 6.32. The van der Waals surface area contributed by atoms with Crippen molar-refractivity contribution in [1.82, 2.24) is 0 Å². The summed E-state index contributed by atoms with van der Waals surface area (Å²) in [5.41, 5.74) is -0.836. The van der Waals surface area contributed by atoms with Gasteiger partial charge in [0.2, 0.25) is 0 Å². The van der Waals surface area contributed by atoms with E-state index in [1.165, 1.54) is 28.1 Å². The molecule has 0 aliphatic rings. The van der Waals surface area contributed by atoms with Crippen molar-refractivity contribution in [2.24, 2.45) is 11.3 Å². The molecule has 0 radical (unpaired) electrons. The molecule has 0 fully saturated rings. The molecule has 0 unspecified atom stereocenters. The van der Waals surface area contributed by atoms with E-state index < -0.39 is 23.3 Å². The van der Waals surface area contributed by atoms with Gasteiger partial charge in [0.05, 0.1) is 19.6 Å². The zero-order chi connectivity index (χ0) is 15.3. The summed E-state index contributed by atoms with van der Waals surface area (Å²) in [6, 6.07) is 8.48. The van der Waals surface area contributed by atoms with Gasteiger partial charge in [-0.15, -0.1) is 0 Å². The predicted molar refractivity (Wildman–Crippen MR) is 72.1 cm³/mol. The zero-order valence-electron chi connectivity index (χ0n) is 12.0. The molecule has 0 aromatic heterocycles. The summed E-state index contributed by atoms with van der Waals surface area (Å²) >= 11 is 0. The fourth-order valence-corrected chi connectivity index (χ4v) is 2.01. The molecule has 1 aromatic rings. The first-order chi connectivity index (χ1) is 9.36. The highest BCUT2D eigenvalue weighted by molar-refractivity contribution is 6.07. The first-order valence-corrected chi connectivity index (χ1v) is 6.11. The van der Waals surface area contributed by atoms with E-state index in [9.17, 15) is 14.4 Å². The molecule has 108 valence electrons. The fraction of sp³-hybridized carbons (Fsp3) is 0.400. The Morgan fingerprint density at radius 2 is 1.40 bits per heavy atom. The molecule has 5 heteroatoms. The first-order valence-electron chi connectivity index (χ1n) is 6.11. The number of Topliss-reactive ketones (excluding diaryl/α,β-unsaturated/α-hetero) is 1. The lowest BCUT2D eigenvalue weighted by molar-refractivity contribution is -0.163. The van der Waals surface area contributed by atoms with Crippen LogP contribution in [-0.4, -0.2) is 31.9 Å². The van der Waals surface area contributed by atoms with E-state index in [0.717, 1.165) is 0 Å². The van der Waals surface area contributed by atoms with Gasteiger partial charge in [-0.1, -0.05) is 44.2 Å². The van der Waals surface area contributed by atoms with Crippen LogP contribution in [0.25, 0.3) is 0 Å². The lowest BCUT2D eigenvalue weighted by Crippen LogP contribution is -2.43. The van der Waals surface area contributed by atoms with Crippen molar-refractivity contribution in [2.75, 3.05) is 14.2 Å². The Morgan fingerprint density at radius 1 is 0.950 bits per heavy atom. The van der Waals surface area contributed by atoms with Gasteiger partial charge in [0.25, 0.3) is 0 Å².